The number of benzene rings is 2. The Morgan fingerprint density at radius 2 is 1.73 bits per heavy atom. The number of amides is 1. The van der Waals surface area contributed by atoms with E-state index in [2.05, 4.69) is 15.3 Å². The molecule has 4 rings (SSSR count). The van der Waals surface area contributed by atoms with Crippen molar-refractivity contribution >= 4 is 17.6 Å². The summed E-state index contributed by atoms with van der Waals surface area (Å²) in [5.41, 5.74) is 4.22. The first kappa shape index (κ1) is 22.1. The Morgan fingerprint density at radius 1 is 0.939 bits per heavy atom. The number of imidazole rings is 1. The van der Waals surface area contributed by atoms with Gasteiger partial charge in [0.15, 0.2) is 0 Å². The van der Waals surface area contributed by atoms with E-state index in [0.717, 1.165) is 28.9 Å². The zero-order chi connectivity index (χ0) is 23.0. The molecule has 0 spiro atoms. The lowest BCUT2D eigenvalue weighted by Gasteiger charge is -2.10. The second kappa shape index (κ2) is 10.5. The Balaban J connectivity index is 1.57. The van der Waals surface area contributed by atoms with Crippen LogP contribution in [0.15, 0.2) is 85.3 Å². The maximum atomic E-state index is 13.1. The van der Waals surface area contributed by atoms with Gasteiger partial charge in [0.2, 0.25) is 5.95 Å². The van der Waals surface area contributed by atoms with Crippen LogP contribution in [0.4, 0.5) is 5.95 Å². The van der Waals surface area contributed by atoms with Gasteiger partial charge in [-0.05, 0) is 60.4 Å². The predicted molar refractivity (Wildman–Crippen MR) is 129 cm³/mol. The van der Waals surface area contributed by atoms with Crippen LogP contribution >= 0.6 is 0 Å². The molecule has 1 amide bonds. The first-order chi connectivity index (χ1) is 16.1. The minimum absolute atomic E-state index is 0.235. The Hall–Kier alpha value is -4.06. The SMILES string of the molecule is CCC(=O)CCCc1cn(-c2ccccc2)c(NC(=O)c2cccc(-c3ccncc3)c2)n1. The van der Waals surface area contributed by atoms with E-state index in [9.17, 15) is 9.59 Å². The third-order valence-corrected chi connectivity index (χ3v) is 5.44. The van der Waals surface area contributed by atoms with Crippen LogP contribution in [-0.4, -0.2) is 26.2 Å². The van der Waals surface area contributed by atoms with Crippen LogP contribution in [0.1, 0.15) is 42.2 Å². The molecule has 2 aromatic carbocycles. The number of hydrogen-bond acceptors (Lipinski definition) is 4. The van der Waals surface area contributed by atoms with Crippen molar-refractivity contribution in [1.82, 2.24) is 14.5 Å². The number of carbonyl (C=O) groups excluding carboxylic acids is 2. The van der Waals surface area contributed by atoms with Gasteiger partial charge in [0.25, 0.3) is 5.91 Å². The zero-order valence-electron chi connectivity index (χ0n) is 18.6. The smallest absolute Gasteiger partial charge is 0.258 e. The molecule has 6 nitrogen and oxygen atoms in total. The second-order valence-corrected chi connectivity index (χ2v) is 7.78. The van der Waals surface area contributed by atoms with E-state index in [4.69, 9.17) is 0 Å². The number of nitrogens with zero attached hydrogens (tertiary/aromatic N) is 3. The molecule has 2 aromatic heterocycles. The number of anilines is 1. The molecule has 33 heavy (non-hydrogen) atoms. The van der Waals surface area contributed by atoms with Gasteiger partial charge in [0.1, 0.15) is 5.78 Å². The first-order valence-corrected chi connectivity index (χ1v) is 11.1. The third-order valence-electron chi connectivity index (χ3n) is 5.44. The van der Waals surface area contributed by atoms with Crippen LogP contribution in [-0.2, 0) is 11.2 Å². The van der Waals surface area contributed by atoms with Crippen molar-refractivity contribution in [2.75, 3.05) is 5.32 Å². The Labute approximate surface area is 193 Å². The van der Waals surface area contributed by atoms with Gasteiger partial charge in [-0.2, -0.15) is 0 Å². The van der Waals surface area contributed by atoms with Crippen molar-refractivity contribution in [2.24, 2.45) is 0 Å². The van der Waals surface area contributed by atoms with Gasteiger partial charge < -0.3 is 0 Å². The molecule has 0 unspecified atom stereocenters. The molecule has 1 N–H and O–H groups in total. The fraction of sp³-hybridized carbons (Fsp3) is 0.185. The Morgan fingerprint density at radius 3 is 2.48 bits per heavy atom. The minimum atomic E-state index is -0.235. The first-order valence-electron chi connectivity index (χ1n) is 11.1. The van der Waals surface area contributed by atoms with E-state index in [-0.39, 0.29) is 11.7 Å². The highest BCUT2D eigenvalue weighted by atomic mass is 16.1. The van der Waals surface area contributed by atoms with Crippen LogP contribution in [0.25, 0.3) is 16.8 Å². The highest BCUT2D eigenvalue weighted by Gasteiger charge is 2.15. The summed E-state index contributed by atoms with van der Waals surface area (Å²) in [5.74, 6) is 0.471. The molecule has 0 aliphatic carbocycles. The average molecular weight is 439 g/mol. The highest BCUT2D eigenvalue weighted by molar-refractivity contribution is 6.04. The molecule has 166 valence electrons. The largest absolute Gasteiger partial charge is 0.300 e. The van der Waals surface area contributed by atoms with Crippen LogP contribution in [0.5, 0.6) is 0 Å². The van der Waals surface area contributed by atoms with Gasteiger partial charge >= 0.3 is 0 Å². The third kappa shape index (κ3) is 5.60. The van der Waals surface area contributed by atoms with Crippen molar-refractivity contribution in [1.29, 1.82) is 0 Å². The fourth-order valence-electron chi connectivity index (χ4n) is 3.62. The summed E-state index contributed by atoms with van der Waals surface area (Å²) in [7, 11) is 0. The lowest BCUT2D eigenvalue weighted by Crippen LogP contribution is -2.15. The number of aryl methyl sites for hydroxylation is 1. The van der Waals surface area contributed by atoms with Gasteiger partial charge in [0.05, 0.1) is 5.69 Å². The van der Waals surface area contributed by atoms with E-state index >= 15 is 0 Å². The molecule has 2 heterocycles. The number of Topliss-reactive ketones (excluding diaryl/α,β-unsaturated/α-hetero) is 1. The van der Waals surface area contributed by atoms with E-state index in [1.54, 1.807) is 18.5 Å². The normalized spacial score (nSPS) is 10.7. The summed E-state index contributed by atoms with van der Waals surface area (Å²) in [4.78, 5) is 33.5. The molecule has 0 fully saturated rings. The standard InChI is InChI=1S/C27H26N4O2/c1-2-25(32)13-7-10-23-19-31(24-11-4-3-5-12-24)27(29-23)30-26(33)22-9-6-8-21(18-22)20-14-16-28-17-15-20/h3-6,8-9,11-12,14-19H,2,7,10,13H2,1H3,(H,29,30,33). The summed E-state index contributed by atoms with van der Waals surface area (Å²) in [6.07, 6.45) is 7.89. The average Bonchev–Trinajstić information content (AvgIpc) is 3.27. The maximum absolute atomic E-state index is 13.1. The minimum Gasteiger partial charge on any atom is -0.300 e. The van der Waals surface area contributed by atoms with Gasteiger partial charge in [-0.15, -0.1) is 0 Å². The number of ketones is 1. The van der Waals surface area contributed by atoms with Gasteiger partial charge in [-0.3, -0.25) is 24.5 Å². The summed E-state index contributed by atoms with van der Waals surface area (Å²) in [6.45, 7) is 1.88. The Kier molecular flexibility index (Phi) is 7.05. The number of para-hydroxylation sites is 1. The number of hydrogen-bond donors (Lipinski definition) is 1. The number of aromatic nitrogens is 3. The lowest BCUT2D eigenvalue weighted by molar-refractivity contribution is -0.118. The number of carbonyl (C=O) groups is 2. The molecule has 0 radical (unpaired) electrons. The topological polar surface area (TPSA) is 76.9 Å². The Bertz CT molecular complexity index is 1230. The van der Waals surface area contributed by atoms with Crippen LogP contribution in [0.3, 0.4) is 0 Å². The number of rotatable bonds is 9. The molecule has 0 atom stereocenters. The van der Waals surface area contributed by atoms with Gasteiger partial charge in [-0.25, -0.2) is 4.98 Å². The van der Waals surface area contributed by atoms with Crippen LogP contribution < -0.4 is 5.32 Å². The van der Waals surface area contributed by atoms with E-state index in [1.165, 1.54) is 0 Å². The van der Waals surface area contributed by atoms with Gasteiger partial charge in [0, 0.05) is 42.7 Å². The fourth-order valence-corrected chi connectivity index (χ4v) is 3.62. The van der Waals surface area contributed by atoms with Crippen molar-refractivity contribution in [3.8, 4) is 16.8 Å². The van der Waals surface area contributed by atoms with Crippen LogP contribution in [0, 0.1) is 0 Å². The summed E-state index contributed by atoms with van der Waals surface area (Å²) in [6, 6.07) is 21.1. The highest BCUT2D eigenvalue weighted by Crippen LogP contribution is 2.22. The maximum Gasteiger partial charge on any atom is 0.258 e. The molecule has 0 saturated heterocycles. The molecular formula is C27H26N4O2. The van der Waals surface area contributed by atoms with Crippen LogP contribution in [0.2, 0.25) is 0 Å². The molecule has 0 saturated carbocycles. The second-order valence-electron chi connectivity index (χ2n) is 7.78. The molecule has 0 bridgehead atoms. The molecule has 0 aliphatic heterocycles. The predicted octanol–water partition coefficient (Wildman–Crippen LogP) is 5.49. The monoisotopic (exact) mass is 438 g/mol. The molecule has 6 heteroatoms. The summed E-state index contributed by atoms with van der Waals surface area (Å²) in [5, 5.41) is 2.97. The van der Waals surface area contributed by atoms with Gasteiger partial charge in [-0.1, -0.05) is 37.3 Å². The van der Waals surface area contributed by atoms with E-state index in [0.29, 0.717) is 30.8 Å². The number of nitrogens with one attached hydrogen (secondary N) is 1. The van der Waals surface area contributed by atoms with Crippen molar-refractivity contribution in [2.45, 2.75) is 32.6 Å². The van der Waals surface area contributed by atoms with Crippen molar-refractivity contribution < 1.29 is 9.59 Å². The number of pyridine rings is 1. The molecule has 0 aliphatic rings. The zero-order valence-corrected chi connectivity index (χ0v) is 18.6. The molecular weight excluding hydrogens is 412 g/mol. The van der Waals surface area contributed by atoms with Crippen molar-refractivity contribution in [3.63, 3.8) is 0 Å². The summed E-state index contributed by atoms with van der Waals surface area (Å²) < 4.78 is 1.88. The van der Waals surface area contributed by atoms with E-state index < -0.39 is 0 Å². The molecule has 4 aromatic rings. The lowest BCUT2D eigenvalue weighted by atomic mass is 10.0. The quantitative estimate of drug-likeness (QED) is 0.375. The van der Waals surface area contributed by atoms with Crippen molar-refractivity contribution in [3.05, 3.63) is 96.6 Å². The van der Waals surface area contributed by atoms with E-state index in [1.807, 2.05) is 78.4 Å². The summed E-state index contributed by atoms with van der Waals surface area (Å²) >= 11 is 0.